The Bertz CT molecular complexity index is 584. The van der Waals surface area contributed by atoms with Crippen LogP contribution in [0.5, 0.6) is 0 Å². The van der Waals surface area contributed by atoms with Crippen LogP contribution in [0, 0.1) is 6.92 Å². The van der Waals surface area contributed by atoms with Gasteiger partial charge in [-0.05, 0) is 42.4 Å². The summed E-state index contributed by atoms with van der Waals surface area (Å²) in [6, 6.07) is 16.8. The van der Waals surface area contributed by atoms with Crippen molar-refractivity contribution in [1.29, 1.82) is 0 Å². The predicted molar refractivity (Wildman–Crippen MR) is 82.9 cm³/mol. The molecule has 104 valence electrons. The fourth-order valence-electron chi connectivity index (χ4n) is 3.08. The second kappa shape index (κ2) is 5.80. The minimum atomic E-state index is -0.395. The fourth-order valence-corrected chi connectivity index (χ4v) is 3.08. The topological polar surface area (TPSA) is 20.2 Å². The van der Waals surface area contributed by atoms with Crippen LogP contribution in [0.15, 0.2) is 48.5 Å². The average molecular weight is 266 g/mol. The van der Waals surface area contributed by atoms with E-state index in [-0.39, 0.29) is 0 Å². The van der Waals surface area contributed by atoms with Gasteiger partial charge in [0.25, 0.3) is 0 Å². The van der Waals surface area contributed by atoms with Crippen LogP contribution in [0.3, 0.4) is 0 Å². The Balaban J connectivity index is 1.81. The maximum absolute atomic E-state index is 10.6. The van der Waals surface area contributed by atoms with Gasteiger partial charge in [-0.25, -0.2) is 0 Å². The molecule has 1 fully saturated rings. The molecule has 1 heteroatoms. The summed E-state index contributed by atoms with van der Waals surface area (Å²) >= 11 is 0. The second-order valence-corrected chi connectivity index (χ2v) is 5.97. The smallest absolute Gasteiger partial charge is 0.0833 e. The van der Waals surface area contributed by atoms with Gasteiger partial charge in [0.05, 0.1) is 6.10 Å². The highest BCUT2D eigenvalue weighted by atomic mass is 16.3. The summed E-state index contributed by atoms with van der Waals surface area (Å²) in [7, 11) is 0. The number of rotatable bonds is 4. The first-order valence-electron chi connectivity index (χ1n) is 7.56. The lowest BCUT2D eigenvalue weighted by molar-refractivity contribution is 0.175. The molecule has 0 radical (unpaired) electrons. The SMILES string of the molecule is Cc1cccc(CC(O)c2ccccc2C2CCC2)c1. The van der Waals surface area contributed by atoms with Crippen LogP contribution in [0.25, 0.3) is 0 Å². The van der Waals surface area contributed by atoms with E-state index in [1.807, 2.05) is 6.07 Å². The normalized spacial score (nSPS) is 16.7. The van der Waals surface area contributed by atoms with E-state index in [1.54, 1.807) is 0 Å². The lowest BCUT2D eigenvalue weighted by Crippen LogP contribution is -2.14. The van der Waals surface area contributed by atoms with Crippen LogP contribution in [-0.4, -0.2) is 5.11 Å². The number of benzene rings is 2. The molecule has 20 heavy (non-hydrogen) atoms. The fraction of sp³-hybridized carbons (Fsp3) is 0.368. The molecule has 0 heterocycles. The lowest BCUT2D eigenvalue weighted by Gasteiger charge is -2.29. The molecule has 1 unspecified atom stereocenters. The Morgan fingerprint density at radius 2 is 1.90 bits per heavy atom. The van der Waals surface area contributed by atoms with Gasteiger partial charge in [-0.15, -0.1) is 0 Å². The first-order valence-corrected chi connectivity index (χ1v) is 7.56. The highest BCUT2D eigenvalue weighted by Gasteiger charge is 2.24. The Morgan fingerprint density at radius 1 is 1.10 bits per heavy atom. The number of hydrogen-bond acceptors (Lipinski definition) is 1. The largest absolute Gasteiger partial charge is 0.388 e. The molecule has 3 rings (SSSR count). The summed E-state index contributed by atoms with van der Waals surface area (Å²) < 4.78 is 0. The monoisotopic (exact) mass is 266 g/mol. The molecule has 0 amide bonds. The van der Waals surface area contributed by atoms with E-state index in [0.717, 1.165) is 5.56 Å². The zero-order chi connectivity index (χ0) is 13.9. The number of hydrogen-bond donors (Lipinski definition) is 1. The Labute approximate surface area is 121 Å². The second-order valence-electron chi connectivity index (χ2n) is 5.97. The van der Waals surface area contributed by atoms with Crippen LogP contribution >= 0.6 is 0 Å². The van der Waals surface area contributed by atoms with Crippen LogP contribution in [0.1, 0.15) is 53.5 Å². The van der Waals surface area contributed by atoms with Gasteiger partial charge in [0.1, 0.15) is 0 Å². The van der Waals surface area contributed by atoms with E-state index in [1.165, 1.54) is 36.0 Å². The molecule has 2 aromatic rings. The van der Waals surface area contributed by atoms with Crippen LogP contribution < -0.4 is 0 Å². The maximum Gasteiger partial charge on any atom is 0.0833 e. The van der Waals surface area contributed by atoms with Crippen molar-refractivity contribution in [2.45, 2.75) is 44.6 Å². The molecule has 0 bridgehead atoms. The van der Waals surface area contributed by atoms with Crippen molar-refractivity contribution in [1.82, 2.24) is 0 Å². The van der Waals surface area contributed by atoms with Crippen LogP contribution in [-0.2, 0) is 6.42 Å². The summed E-state index contributed by atoms with van der Waals surface area (Å²) in [4.78, 5) is 0. The third-order valence-corrected chi connectivity index (χ3v) is 4.41. The molecule has 2 aromatic carbocycles. The Hall–Kier alpha value is -1.60. The average Bonchev–Trinajstić information content (AvgIpc) is 2.37. The summed E-state index contributed by atoms with van der Waals surface area (Å²) in [6.45, 7) is 2.10. The van der Waals surface area contributed by atoms with Gasteiger partial charge in [-0.2, -0.15) is 0 Å². The molecular formula is C19H22O. The standard InChI is InChI=1S/C19H22O/c1-14-6-4-7-15(12-14)13-19(20)18-11-3-2-10-17(18)16-8-5-9-16/h2-4,6-7,10-12,16,19-20H,5,8-9,13H2,1H3. The third kappa shape index (κ3) is 2.78. The highest BCUT2D eigenvalue weighted by molar-refractivity contribution is 5.35. The van der Waals surface area contributed by atoms with Gasteiger partial charge in [0, 0.05) is 6.42 Å². The molecule has 0 aliphatic heterocycles. The van der Waals surface area contributed by atoms with Crippen molar-refractivity contribution < 1.29 is 5.11 Å². The number of aryl methyl sites for hydroxylation is 1. The van der Waals surface area contributed by atoms with E-state index in [0.29, 0.717) is 12.3 Å². The quantitative estimate of drug-likeness (QED) is 0.861. The zero-order valence-electron chi connectivity index (χ0n) is 12.0. The summed E-state index contributed by atoms with van der Waals surface area (Å²) in [5.74, 6) is 0.665. The van der Waals surface area contributed by atoms with Crippen LogP contribution in [0.2, 0.25) is 0 Å². The zero-order valence-corrected chi connectivity index (χ0v) is 12.0. The van der Waals surface area contributed by atoms with E-state index < -0.39 is 6.10 Å². The van der Waals surface area contributed by atoms with Crippen molar-refractivity contribution in [3.8, 4) is 0 Å². The highest BCUT2D eigenvalue weighted by Crippen LogP contribution is 2.39. The van der Waals surface area contributed by atoms with Crippen molar-refractivity contribution in [2.75, 3.05) is 0 Å². The van der Waals surface area contributed by atoms with E-state index in [4.69, 9.17) is 0 Å². The van der Waals surface area contributed by atoms with Gasteiger partial charge < -0.3 is 5.11 Å². The van der Waals surface area contributed by atoms with Gasteiger partial charge in [0.2, 0.25) is 0 Å². The number of aliphatic hydroxyl groups excluding tert-OH is 1. The first-order chi connectivity index (χ1) is 9.74. The Morgan fingerprint density at radius 3 is 2.60 bits per heavy atom. The Kier molecular flexibility index (Phi) is 3.88. The van der Waals surface area contributed by atoms with Crippen molar-refractivity contribution in [3.63, 3.8) is 0 Å². The van der Waals surface area contributed by atoms with E-state index in [2.05, 4.69) is 49.4 Å². The molecule has 0 spiro atoms. The maximum atomic E-state index is 10.6. The minimum Gasteiger partial charge on any atom is -0.388 e. The third-order valence-electron chi connectivity index (χ3n) is 4.41. The molecule has 1 aliphatic carbocycles. The molecular weight excluding hydrogens is 244 g/mol. The molecule has 1 aliphatic rings. The summed E-state index contributed by atoms with van der Waals surface area (Å²) in [5, 5.41) is 10.6. The van der Waals surface area contributed by atoms with Gasteiger partial charge in [-0.3, -0.25) is 0 Å². The summed E-state index contributed by atoms with van der Waals surface area (Å²) in [5.41, 5.74) is 4.94. The molecule has 1 saturated carbocycles. The van der Waals surface area contributed by atoms with Crippen molar-refractivity contribution in [2.24, 2.45) is 0 Å². The van der Waals surface area contributed by atoms with Crippen LogP contribution in [0.4, 0.5) is 0 Å². The molecule has 1 N–H and O–H groups in total. The first kappa shape index (κ1) is 13.4. The van der Waals surface area contributed by atoms with Crippen molar-refractivity contribution in [3.05, 3.63) is 70.8 Å². The van der Waals surface area contributed by atoms with Gasteiger partial charge in [0.15, 0.2) is 0 Å². The molecule has 1 atom stereocenters. The number of aliphatic hydroxyl groups is 1. The minimum absolute atomic E-state index is 0.395. The van der Waals surface area contributed by atoms with Crippen molar-refractivity contribution >= 4 is 0 Å². The molecule has 0 aromatic heterocycles. The molecule has 0 saturated heterocycles. The lowest BCUT2D eigenvalue weighted by atomic mass is 9.77. The van der Waals surface area contributed by atoms with E-state index in [9.17, 15) is 5.11 Å². The van der Waals surface area contributed by atoms with Gasteiger partial charge in [-0.1, -0.05) is 60.5 Å². The predicted octanol–water partition coefficient (Wildman–Crippen LogP) is 4.54. The summed E-state index contributed by atoms with van der Waals surface area (Å²) in [6.07, 6.45) is 4.18. The molecule has 1 nitrogen and oxygen atoms in total. The van der Waals surface area contributed by atoms with E-state index >= 15 is 0 Å². The van der Waals surface area contributed by atoms with Gasteiger partial charge >= 0.3 is 0 Å².